The molecule has 0 aromatic heterocycles. The minimum Gasteiger partial charge on any atom is -0.506 e. The summed E-state index contributed by atoms with van der Waals surface area (Å²) in [4.78, 5) is 2.27. The average Bonchev–Trinajstić information content (AvgIpc) is 2.22. The zero-order valence-corrected chi connectivity index (χ0v) is 8.90. The van der Waals surface area contributed by atoms with Crippen molar-refractivity contribution < 1.29 is 5.11 Å². The van der Waals surface area contributed by atoms with E-state index in [2.05, 4.69) is 17.3 Å². The predicted molar refractivity (Wildman–Crippen MR) is 60.8 cm³/mol. The van der Waals surface area contributed by atoms with Gasteiger partial charge in [-0.15, -0.1) is 0 Å². The number of hydrogen-bond acceptors (Lipinski definition) is 4. The van der Waals surface area contributed by atoms with Crippen LogP contribution in [-0.2, 0) is 0 Å². The Kier molecular flexibility index (Phi) is 2.79. The molecule has 0 spiro atoms. The molecule has 4 heteroatoms. The molecule has 82 valence electrons. The van der Waals surface area contributed by atoms with Gasteiger partial charge in [0.25, 0.3) is 0 Å². The fourth-order valence-electron chi connectivity index (χ4n) is 1.90. The molecule has 1 aliphatic heterocycles. The van der Waals surface area contributed by atoms with Gasteiger partial charge in [-0.3, -0.25) is 0 Å². The lowest BCUT2D eigenvalue weighted by atomic mass is 10.0. The van der Waals surface area contributed by atoms with Crippen LogP contribution in [-0.4, -0.2) is 36.7 Å². The molecule has 0 saturated carbocycles. The van der Waals surface area contributed by atoms with E-state index in [1.54, 1.807) is 12.1 Å². The first-order valence-electron chi connectivity index (χ1n) is 5.17. The highest BCUT2D eigenvalue weighted by Gasteiger charge is 2.18. The molecule has 4 nitrogen and oxygen atoms in total. The molecule has 4 N–H and O–H groups in total. The molecule has 15 heavy (non-hydrogen) atoms. The van der Waals surface area contributed by atoms with Crippen LogP contribution in [0, 0.1) is 0 Å². The molecule has 2 rings (SSSR count). The van der Waals surface area contributed by atoms with E-state index in [9.17, 15) is 5.11 Å². The maximum absolute atomic E-state index is 9.53. The molecule has 1 heterocycles. The number of nitrogens with zero attached hydrogens (tertiary/aromatic N) is 1. The van der Waals surface area contributed by atoms with Gasteiger partial charge < -0.3 is 21.1 Å². The zero-order valence-electron chi connectivity index (χ0n) is 8.90. The lowest BCUT2D eigenvalue weighted by Gasteiger charge is -2.31. The molecular weight excluding hydrogens is 190 g/mol. The van der Waals surface area contributed by atoms with Gasteiger partial charge in [-0.1, -0.05) is 6.07 Å². The first-order chi connectivity index (χ1) is 7.16. The van der Waals surface area contributed by atoms with Crippen LogP contribution >= 0.6 is 0 Å². The molecule has 0 amide bonds. The smallest absolute Gasteiger partial charge is 0.138 e. The second-order valence-corrected chi connectivity index (χ2v) is 4.09. The number of nitrogen functional groups attached to an aromatic ring is 1. The van der Waals surface area contributed by atoms with Crippen molar-refractivity contribution in [1.82, 2.24) is 10.2 Å². The summed E-state index contributed by atoms with van der Waals surface area (Å²) in [7, 11) is 2.10. The second-order valence-electron chi connectivity index (χ2n) is 4.09. The summed E-state index contributed by atoms with van der Waals surface area (Å²) in [6.45, 7) is 3.01. The lowest BCUT2D eigenvalue weighted by molar-refractivity contribution is 0.240. The largest absolute Gasteiger partial charge is 0.506 e. The van der Waals surface area contributed by atoms with Crippen LogP contribution in [0.2, 0.25) is 0 Å². The number of piperazine rings is 1. The standard InChI is InChI=1S/C11H17N3O/c1-14-5-4-13-10(7-14)8-2-3-9(12)11(15)6-8/h2-3,6,10,13,15H,4-5,7,12H2,1H3. The first-order valence-corrected chi connectivity index (χ1v) is 5.17. The van der Waals surface area contributed by atoms with Crippen LogP contribution in [0.3, 0.4) is 0 Å². The Morgan fingerprint density at radius 1 is 1.53 bits per heavy atom. The Morgan fingerprint density at radius 2 is 2.33 bits per heavy atom. The van der Waals surface area contributed by atoms with E-state index >= 15 is 0 Å². The van der Waals surface area contributed by atoms with Crippen molar-refractivity contribution in [2.75, 3.05) is 32.4 Å². The Morgan fingerprint density at radius 3 is 3.00 bits per heavy atom. The maximum atomic E-state index is 9.53. The summed E-state index contributed by atoms with van der Waals surface area (Å²) < 4.78 is 0. The third-order valence-corrected chi connectivity index (χ3v) is 2.84. The van der Waals surface area contributed by atoms with Crippen molar-refractivity contribution in [3.63, 3.8) is 0 Å². The van der Waals surface area contributed by atoms with Crippen LogP contribution in [0.1, 0.15) is 11.6 Å². The number of benzene rings is 1. The summed E-state index contributed by atoms with van der Waals surface area (Å²) in [6.07, 6.45) is 0. The fourth-order valence-corrected chi connectivity index (χ4v) is 1.90. The Bertz CT molecular complexity index is 354. The number of nitrogens with two attached hydrogens (primary N) is 1. The summed E-state index contributed by atoms with van der Waals surface area (Å²) in [5.41, 5.74) is 7.09. The second kappa shape index (κ2) is 4.08. The van der Waals surface area contributed by atoms with E-state index in [4.69, 9.17) is 5.73 Å². The third kappa shape index (κ3) is 2.22. The number of phenolic OH excluding ortho intramolecular Hbond substituents is 1. The zero-order chi connectivity index (χ0) is 10.8. The van der Waals surface area contributed by atoms with Gasteiger partial charge in [-0.25, -0.2) is 0 Å². The van der Waals surface area contributed by atoms with Crippen molar-refractivity contribution in [2.45, 2.75) is 6.04 Å². The minimum absolute atomic E-state index is 0.169. The summed E-state index contributed by atoms with van der Waals surface area (Å²) >= 11 is 0. The molecule has 1 atom stereocenters. The number of hydrogen-bond donors (Lipinski definition) is 3. The number of phenols is 1. The SMILES string of the molecule is CN1CCNC(c2ccc(N)c(O)c2)C1. The van der Waals surface area contributed by atoms with Crippen molar-refractivity contribution in [1.29, 1.82) is 0 Å². The number of nitrogens with one attached hydrogen (secondary N) is 1. The molecule has 0 radical (unpaired) electrons. The molecule has 1 unspecified atom stereocenters. The monoisotopic (exact) mass is 207 g/mol. The van der Waals surface area contributed by atoms with Crippen LogP contribution in [0.5, 0.6) is 5.75 Å². The molecular formula is C11H17N3O. The first kappa shape index (κ1) is 10.3. The van der Waals surface area contributed by atoms with Gasteiger partial charge in [0.2, 0.25) is 0 Å². The van der Waals surface area contributed by atoms with Crippen molar-refractivity contribution >= 4 is 5.69 Å². The lowest BCUT2D eigenvalue weighted by Crippen LogP contribution is -2.43. The highest BCUT2D eigenvalue weighted by molar-refractivity contribution is 5.53. The molecule has 1 aromatic rings. The Labute approximate surface area is 89.7 Å². The fraction of sp³-hybridized carbons (Fsp3) is 0.455. The summed E-state index contributed by atoms with van der Waals surface area (Å²) in [5.74, 6) is 0.169. The average molecular weight is 207 g/mol. The van der Waals surface area contributed by atoms with E-state index in [1.165, 1.54) is 0 Å². The Balaban J connectivity index is 2.18. The van der Waals surface area contributed by atoms with Crippen LogP contribution in [0.25, 0.3) is 0 Å². The van der Waals surface area contributed by atoms with Gasteiger partial charge in [-0.2, -0.15) is 0 Å². The van der Waals surface area contributed by atoms with Crippen LogP contribution < -0.4 is 11.1 Å². The normalized spacial score (nSPS) is 22.9. The highest BCUT2D eigenvalue weighted by atomic mass is 16.3. The summed E-state index contributed by atoms with van der Waals surface area (Å²) in [5, 5.41) is 12.9. The maximum Gasteiger partial charge on any atom is 0.138 e. The number of likely N-dealkylation sites (N-methyl/N-ethyl adjacent to an activating group) is 1. The van der Waals surface area contributed by atoms with Gasteiger partial charge in [0.15, 0.2) is 0 Å². The number of aromatic hydroxyl groups is 1. The quantitative estimate of drug-likeness (QED) is 0.465. The molecule has 0 aliphatic carbocycles. The van der Waals surface area contributed by atoms with Crippen molar-refractivity contribution in [2.24, 2.45) is 0 Å². The van der Waals surface area contributed by atoms with Crippen LogP contribution in [0.4, 0.5) is 5.69 Å². The number of anilines is 1. The van der Waals surface area contributed by atoms with Gasteiger partial charge in [0, 0.05) is 25.7 Å². The predicted octanol–water partition coefficient (Wildman–Crippen LogP) is 0.550. The Hall–Kier alpha value is -1.26. The third-order valence-electron chi connectivity index (χ3n) is 2.84. The van der Waals surface area contributed by atoms with E-state index in [-0.39, 0.29) is 11.8 Å². The van der Waals surface area contributed by atoms with E-state index < -0.39 is 0 Å². The van der Waals surface area contributed by atoms with Crippen molar-refractivity contribution in [3.8, 4) is 5.75 Å². The topological polar surface area (TPSA) is 61.5 Å². The van der Waals surface area contributed by atoms with Gasteiger partial charge >= 0.3 is 0 Å². The molecule has 1 saturated heterocycles. The van der Waals surface area contributed by atoms with Gasteiger partial charge in [0.05, 0.1) is 5.69 Å². The van der Waals surface area contributed by atoms with E-state index in [1.807, 2.05) is 6.07 Å². The summed E-state index contributed by atoms with van der Waals surface area (Å²) in [6, 6.07) is 5.74. The highest BCUT2D eigenvalue weighted by Crippen LogP contribution is 2.25. The minimum atomic E-state index is 0.169. The number of rotatable bonds is 1. The van der Waals surface area contributed by atoms with Crippen LogP contribution in [0.15, 0.2) is 18.2 Å². The van der Waals surface area contributed by atoms with Gasteiger partial charge in [0.1, 0.15) is 5.75 Å². The van der Waals surface area contributed by atoms with Crippen molar-refractivity contribution in [3.05, 3.63) is 23.8 Å². The van der Waals surface area contributed by atoms with Gasteiger partial charge in [-0.05, 0) is 24.7 Å². The molecule has 1 fully saturated rings. The van der Waals surface area contributed by atoms with E-state index in [0.717, 1.165) is 25.2 Å². The molecule has 1 aliphatic rings. The van der Waals surface area contributed by atoms with E-state index in [0.29, 0.717) is 5.69 Å². The molecule has 1 aromatic carbocycles. The molecule has 0 bridgehead atoms.